The average molecular weight is 438 g/mol. The summed E-state index contributed by atoms with van der Waals surface area (Å²) in [5.74, 6) is 2.06. The van der Waals surface area contributed by atoms with Gasteiger partial charge in [-0.25, -0.2) is 9.97 Å². The quantitative estimate of drug-likeness (QED) is 0.551. The topological polar surface area (TPSA) is 58.5 Å². The molecule has 4 rings (SSSR count). The molecule has 1 aliphatic rings. The van der Waals surface area contributed by atoms with E-state index in [0.717, 1.165) is 65.9 Å². The lowest BCUT2D eigenvalue weighted by Crippen LogP contribution is -2.34. The molecule has 5 nitrogen and oxygen atoms in total. The van der Waals surface area contributed by atoms with E-state index in [9.17, 15) is 0 Å². The number of hydrogen-bond acceptors (Lipinski definition) is 5. The molecular weight excluding hydrogens is 410 g/mol. The van der Waals surface area contributed by atoms with Gasteiger partial charge in [0.15, 0.2) is 5.82 Å². The van der Waals surface area contributed by atoms with Crippen LogP contribution in [0.2, 0.25) is 5.02 Å². The van der Waals surface area contributed by atoms with Gasteiger partial charge >= 0.3 is 0 Å². The van der Waals surface area contributed by atoms with Crippen molar-refractivity contribution in [2.75, 3.05) is 19.7 Å². The van der Waals surface area contributed by atoms with E-state index < -0.39 is 0 Å². The Kier molecular flexibility index (Phi) is 7.17. The molecule has 1 N–H and O–H groups in total. The van der Waals surface area contributed by atoms with E-state index in [2.05, 4.69) is 16.8 Å². The van der Waals surface area contributed by atoms with E-state index >= 15 is 0 Å². The summed E-state index contributed by atoms with van der Waals surface area (Å²) < 4.78 is 5.87. The van der Waals surface area contributed by atoms with Crippen molar-refractivity contribution in [3.05, 3.63) is 76.6 Å². The summed E-state index contributed by atoms with van der Waals surface area (Å²) in [5.41, 5.74) is 4.40. The minimum Gasteiger partial charge on any atom is -0.489 e. The van der Waals surface area contributed by atoms with Crippen LogP contribution in [0.4, 0.5) is 0 Å². The molecule has 0 aliphatic carbocycles. The van der Waals surface area contributed by atoms with Crippen LogP contribution >= 0.6 is 11.6 Å². The van der Waals surface area contributed by atoms with E-state index in [0.29, 0.717) is 12.5 Å². The molecule has 0 bridgehead atoms. The van der Waals surface area contributed by atoms with Crippen LogP contribution in [0.25, 0.3) is 11.4 Å². The summed E-state index contributed by atoms with van der Waals surface area (Å²) in [6.07, 6.45) is 3.74. The standard InChI is InChI=1S/C25H28ClN3O2/c1-18(11-13-30)15-29-12-10-24-21(16-29)14-27-25(28-24)20-4-8-23(9-5-20)31-17-19-2-6-22(26)7-3-19/h2-9,14,18,30H,10-13,15-17H2,1H3/t18-/m1/s1. The molecule has 3 aromatic rings. The fourth-order valence-electron chi connectivity index (χ4n) is 3.87. The summed E-state index contributed by atoms with van der Waals surface area (Å²) in [5, 5.41) is 9.84. The minimum atomic E-state index is 0.253. The summed E-state index contributed by atoms with van der Waals surface area (Å²) in [7, 11) is 0. The van der Waals surface area contributed by atoms with Crippen LogP contribution in [0.5, 0.6) is 5.75 Å². The molecule has 0 unspecified atom stereocenters. The molecule has 0 fully saturated rings. The molecule has 0 saturated heterocycles. The Bertz CT molecular complexity index is 993. The molecule has 1 aromatic heterocycles. The average Bonchev–Trinajstić information content (AvgIpc) is 2.79. The van der Waals surface area contributed by atoms with Crippen molar-refractivity contribution in [3.63, 3.8) is 0 Å². The van der Waals surface area contributed by atoms with E-state index in [1.165, 1.54) is 5.56 Å². The second-order valence-corrected chi connectivity index (χ2v) is 8.64. The van der Waals surface area contributed by atoms with E-state index in [4.69, 9.17) is 26.4 Å². The highest BCUT2D eigenvalue weighted by atomic mass is 35.5. The number of ether oxygens (including phenoxy) is 1. The highest BCUT2D eigenvalue weighted by Gasteiger charge is 2.20. The molecule has 0 saturated carbocycles. The summed E-state index contributed by atoms with van der Waals surface area (Å²) >= 11 is 5.92. The molecule has 1 aliphatic heterocycles. The maximum absolute atomic E-state index is 9.12. The molecule has 2 heterocycles. The predicted molar refractivity (Wildman–Crippen MR) is 123 cm³/mol. The van der Waals surface area contributed by atoms with Gasteiger partial charge in [0.25, 0.3) is 0 Å². The van der Waals surface area contributed by atoms with Gasteiger partial charge in [0, 0.05) is 55.0 Å². The maximum Gasteiger partial charge on any atom is 0.159 e. The fraction of sp³-hybridized carbons (Fsp3) is 0.360. The number of rotatable bonds is 8. The van der Waals surface area contributed by atoms with Gasteiger partial charge in [0.05, 0.1) is 5.69 Å². The maximum atomic E-state index is 9.12. The van der Waals surface area contributed by atoms with E-state index in [-0.39, 0.29) is 6.61 Å². The van der Waals surface area contributed by atoms with Crippen LogP contribution in [-0.4, -0.2) is 39.7 Å². The van der Waals surface area contributed by atoms with Gasteiger partial charge < -0.3 is 9.84 Å². The largest absolute Gasteiger partial charge is 0.489 e. The molecule has 0 radical (unpaired) electrons. The van der Waals surface area contributed by atoms with Crippen molar-refractivity contribution in [2.45, 2.75) is 32.9 Å². The van der Waals surface area contributed by atoms with Gasteiger partial charge in [-0.3, -0.25) is 4.90 Å². The Balaban J connectivity index is 1.37. The number of halogens is 1. The first kappa shape index (κ1) is 21.8. The Morgan fingerprint density at radius 2 is 1.90 bits per heavy atom. The van der Waals surface area contributed by atoms with Gasteiger partial charge in [0.1, 0.15) is 12.4 Å². The first-order valence-corrected chi connectivity index (χ1v) is 11.1. The third-order valence-corrected chi connectivity index (χ3v) is 5.89. The van der Waals surface area contributed by atoms with Gasteiger partial charge in [-0.05, 0) is 54.3 Å². The van der Waals surface area contributed by atoms with Crippen LogP contribution in [-0.2, 0) is 19.6 Å². The van der Waals surface area contributed by atoms with Crippen molar-refractivity contribution in [1.29, 1.82) is 0 Å². The van der Waals surface area contributed by atoms with E-state index in [1.807, 2.05) is 54.7 Å². The highest BCUT2D eigenvalue weighted by Crippen LogP contribution is 2.24. The zero-order valence-corrected chi connectivity index (χ0v) is 18.6. The number of benzene rings is 2. The zero-order valence-electron chi connectivity index (χ0n) is 17.8. The summed E-state index contributed by atoms with van der Waals surface area (Å²) in [6.45, 7) is 5.81. The number of fused-ring (bicyclic) bond motifs is 1. The van der Waals surface area contributed by atoms with Gasteiger partial charge in [0.2, 0.25) is 0 Å². The molecule has 0 amide bonds. The lowest BCUT2D eigenvalue weighted by Gasteiger charge is -2.30. The lowest BCUT2D eigenvalue weighted by atomic mass is 10.0. The second-order valence-electron chi connectivity index (χ2n) is 8.21. The minimum absolute atomic E-state index is 0.253. The van der Waals surface area contributed by atoms with Crippen molar-refractivity contribution >= 4 is 11.6 Å². The Morgan fingerprint density at radius 3 is 2.65 bits per heavy atom. The van der Waals surface area contributed by atoms with Crippen LogP contribution in [0.3, 0.4) is 0 Å². The molecule has 31 heavy (non-hydrogen) atoms. The zero-order chi connectivity index (χ0) is 21.6. The smallest absolute Gasteiger partial charge is 0.159 e. The predicted octanol–water partition coefficient (Wildman–Crippen LogP) is 4.75. The molecule has 162 valence electrons. The third-order valence-electron chi connectivity index (χ3n) is 5.64. The normalized spacial score (nSPS) is 14.8. The van der Waals surface area contributed by atoms with Gasteiger partial charge in [-0.15, -0.1) is 0 Å². The Hall–Kier alpha value is -2.47. The van der Waals surface area contributed by atoms with Crippen molar-refractivity contribution in [3.8, 4) is 17.1 Å². The van der Waals surface area contributed by atoms with Crippen molar-refractivity contribution < 1.29 is 9.84 Å². The summed E-state index contributed by atoms with van der Waals surface area (Å²) in [6, 6.07) is 15.6. The van der Waals surface area contributed by atoms with Crippen LogP contribution in [0, 0.1) is 5.92 Å². The number of aromatic nitrogens is 2. The highest BCUT2D eigenvalue weighted by molar-refractivity contribution is 6.30. The van der Waals surface area contributed by atoms with Gasteiger partial charge in [-0.1, -0.05) is 30.7 Å². The van der Waals surface area contributed by atoms with Crippen molar-refractivity contribution in [2.24, 2.45) is 5.92 Å². The van der Waals surface area contributed by atoms with Crippen LogP contribution < -0.4 is 4.74 Å². The van der Waals surface area contributed by atoms with Gasteiger partial charge in [-0.2, -0.15) is 0 Å². The Morgan fingerprint density at radius 1 is 1.13 bits per heavy atom. The molecular formula is C25H28ClN3O2. The first-order valence-electron chi connectivity index (χ1n) is 10.8. The number of aliphatic hydroxyl groups excluding tert-OH is 1. The lowest BCUT2D eigenvalue weighted by molar-refractivity contribution is 0.189. The van der Waals surface area contributed by atoms with Crippen molar-refractivity contribution in [1.82, 2.24) is 14.9 Å². The SMILES string of the molecule is C[C@H](CCO)CN1CCc2nc(-c3ccc(OCc4ccc(Cl)cc4)cc3)ncc2C1. The first-order chi connectivity index (χ1) is 15.1. The molecule has 2 aromatic carbocycles. The number of nitrogens with zero attached hydrogens (tertiary/aromatic N) is 3. The number of hydrogen-bond donors (Lipinski definition) is 1. The fourth-order valence-corrected chi connectivity index (χ4v) is 4.00. The van der Waals surface area contributed by atoms with E-state index in [1.54, 1.807) is 0 Å². The molecule has 1 atom stereocenters. The molecule has 0 spiro atoms. The molecule has 6 heteroatoms. The second kappa shape index (κ2) is 10.2. The monoisotopic (exact) mass is 437 g/mol. The number of aliphatic hydroxyl groups is 1. The van der Waals surface area contributed by atoms with Crippen LogP contribution in [0.1, 0.15) is 30.2 Å². The third kappa shape index (κ3) is 5.82. The summed E-state index contributed by atoms with van der Waals surface area (Å²) in [4.78, 5) is 11.9. The van der Waals surface area contributed by atoms with Crippen LogP contribution in [0.15, 0.2) is 54.7 Å². The Labute approximate surface area is 188 Å².